The Morgan fingerprint density at radius 2 is 1.46 bits per heavy atom. The minimum absolute atomic E-state index is 0.00675. The Balaban J connectivity index is 1.62. The highest BCUT2D eigenvalue weighted by Gasteiger charge is 2.83. The van der Waals surface area contributed by atoms with Crippen molar-refractivity contribution < 1.29 is 24.1 Å². The lowest BCUT2D eigenvalue weighted by molar-refractivity contribution is -0.327. The molecule has 5 heteroatoms. The Hall–Kier alpha value is -0.980. The molecule has 1 saturated heterocycles. The number of methoxy groups -OCH3 is 3. The van der Waals surface area contributed by atoms with E-state index in [1.807, 2.05) is 21.3 Å². The van der Waals surface area contributed by atoms with E-state index in [9.17, 15) is 5.11 Å². The normalized spacial score (nSPS) is 44.7. The summed E-state index contributed by atoms with van der Waals surface area (Å²) in [5.41, 5.74) is 1.68. The Morgan fingerprint density at radius 1 is 0.848 bits per heavy atom. The van der Waals surface area contributed by atoms with Crippen LogP contribution in [-0.2, 0) is 18.9 Å². The number of aliphatic hydroxyl groups is 1. The zero-order valence-electron chi connectivity index (χ0n) is 31.7. The molecule has 0 aromatic rings. The first kappa shape index (κ1) is 36.3. The summed E-state index contributed by atoms with van der Waals surface area (Å²) in [5.74, 6) is 1.10. The van der Waals surface area contributed by atoms with Crippen LogP contribution in [0.5, 0.6) is 0 Å². The first-order valence-electron chi connectivity index (χ1n) is 18.4. The molecule has 13 atom stereocenters. The number of ether oxygens (including phenoxy) is 4. The number of fused-ring (bicyclic) bond motifs is 2. The van der Waals surface area contributed by atoms with Crippen LogP contribution < -0.4 is 0 Å². The van der Waals surface area contributed by atoms with E-state index >= 15 is 0 Å². The van der Waals surface area contributed by atoms with Crippen molar-refractivity contribution in [1.29, 1.82) is 0 Å². The maximum Gasteiger partial charge on any atom is 0.178 e. The summed E-state index contributed by atoms with van der Waals surface area (Å²) in [7, 11) is 5.59. The predicted molar refractivity (Wildman–Crippen MR) is 187 cm³/mol. The van der Waals surface area contributed by atoms with Crippen molar-refractivity contribution >= 4 is 0 Å². The first-order chi connectivity index (χ1) is 21.5. The van der Waals surface area contributed by atoms with E-state index in [1.165, 1.54) is 30.4 Å². The second-order valence-electron chi connectivity index (χ2n) is 17.9. The van der Waals surface area contributed by atoms with Gasteiger partial charge in [-0.3, -0.25) is 0 Å². The molecule has 2 bridgehead atoms. The fourth-order valence-corrected chi connectivity index (χ4v) is 12.6. The Labute approximate surface area is 281 Å². The molecule has 262 valence electrons. The van der Waals surface area contributed by atoms with Gasteiger partial charge in [-0.2, -0.15) is 0 Å². The van der Waals surface area contributed by atoms with Gasteiger partial charge in [-0.25, -0.2) is 0 Å². The van der Waals surface area contributed by atoms with Gasteiger partial charge in [0.05, 0.1) is 18.3 Å². The van der Waals surface area contributed by atoms with Gasteiger partial charge in [-0.1, -0.05) is 77.0 Å². The Morgan fingerprint density at radius 3 is 2.02 bits per heavy atom. The van der Waals surface area contributed by atoms with Gasteiger partial charge in [0.2, 0.25) is 0 Å². The second-order valence-corrected chi connectivity index (χ2v) is 17.9. The van der Waals surface area contributed by atoms with Gasteiger partial charge in [-0.05, 0) is 108 Å². The third kappa shape index (κ3) is 4.86. The van der Waals surface area contributed by atoms with E-state index < -0.39 is 22.9 Å². The summed E-state index contributed by atoms with van der Waals surface area (Å²) in [6, 6.07) is 0. The third-order valence-corrected chi connectivity index (χ3v) is 15.1. The molecule has 1 aliphatic heterocycles. The molecule has 0 amide bonds. The quantitative estimate of drug-likeness (QED) is 0.228. The van der Waals surface area contributed by atoms with Crippen LogP contribution in [0, 0.1) is 51.2 Å². The van der Waals surface area contributed by atoms with Gasteiger partial charge in [0.15, 0.2) is 5.79 Å². The minimum atomic E-state index is -0.794. The van der Waals surface area contributed by atoms with Crippen molar-refractivity contribution in [3.63, 3.8) is 0 Å². The molecule has 4 aliphatic carbocycles. The van der Waals surface area contributed by atoms with Gasteiger partial charge in [0, 0.05) is 44.0 Å². The zero-order chi connectivity index (χ0) is 34.1. The van der Waals surface area contributed by atoms with Gasteiger partial charge in [-0.15, -0.1) is 0 Å². The summed E-state index contributed by atoms with van der Waals surface area (Å²) in [6.45, 7) is 23.2. The van der Waals surface area contributed by atoms with E-state index in [2.05, 4.69) is 93.5 Å². The molecule has 5 nitrogen and oxygen atoms in total. The molecule has 0 aromatic heterocycles. The molecule has 4 fully saturated rings. The van der Waals surface area contributed by atoms with Crippen molar-refractivity contribution in [3.05, 3.63) is 35.5 Å². The maximum atomic E-state index is 11.5. The largest absolute Gasteiger partial charge is 0.392 e. The summed E-state index contributed by atoms with van der Waals surface area (Å²) < 4.78 is 26.7. The Kier molecular flexibility index (Phi) is 9.80. The monoisotopic (exact) mass is 641 g/mol. The standard InChI is InChI=1S/C41H68O5/c1-26(2)22-30(43-11)24-28(5)32-16-18-38(10)33-17-19-40-34(14-15-35(42)36(40,7)8)39(33,21-20-37(32,38)9)41(45-13,46-40)29(6)25-31(44-12)23-27(3)4/h17,19,22-23,28-35,42H,14-16,18,20-21,24-25H2,1-13H3/t28-,29-,30+,31+,32?,33?,34?,35+,37-,38+,39?,40-,41-/m1/s1. The zero-order valence-corrected chi connectivity index (χ0v) is 31.7. The first-order valence-corrected chi connectivity index (χ1v) is 18.4. The van der Waals surface area contributed by atoms with Gasteiger partial charge in [0.1, 0.15) is 5.60 Å². The van der Waals surface area contributed by atoms with Crippen LogP contribution in [0.4, 0.5) is 0 Å². The highest BCUT2D eigenvalue weighted by atomic mass is 16.7. The number of aliphatic hydroxyl groups excluding tert-OH is 1. The number of allylic oxidation sites excluding steroid dienone is 3. The summed E-state index contributed by atoms with van der Waals surface area (Å²) in [6.07, 6.45) is 17.7. The second kappa shape index (κ2) is 12.4. The molecule has 0 aromatic carbocycles. The molecule has 1 N–H and O–H groups in total. The summed E-state index contributed by atoms with van der Waals surface area (Å²) in [5, 5.41) is 11.5. The van der Waals surface area contributed by atoms with E-state index in [0.29, 0.717) is 17.8 Å². The lowest BCUT2D eigenvalue weighted by Gasteiger charge is -2.67. The average molecular weight is 641 g/mol. The molecule has 4 unspecified atom stereocenters. The highest BCUT2D eigenvalue weighted by Crippen LogP contribution is 2.82. The lowest BCUT2D eigenvalue weighted by atomic mass is 9.36. The predicted octanol–water partition coefficient (Wildman–Crippen LogP) is 9.30. The van der Waals surface area contributed by atoms with Crippen molar-refractivity contribution in [2.24, 2.45) is 51.2 Å². The van der Waals surface area contributed by atoms with Gasteiger partial charge in [0.25, 0.3) is 0 Å². The van der Waals surface area contributed by atoms with Crippen LogP contribution in [0.25, 0.3) is 0 Å². The van der Waals surface area contributed by atoms with Crippen LogP contribution >= 0.6 is 0 Å². The molecule has 1 heterocycles. The molecular formula is C41H68O5. The fourth-order valence-electron chi connectivity index (χ4n) is 12.6. The average Bonchev–Trinajstić information content (AvgIpc) is 3.35. The van der Waals surface area contributed by atoms with Crippen molar-refractivity contribution in [2.75, 3.05) is 21.3 Å². The number of hydrogen-bond acceptors (Lipinski definition) is 5. The molecule has 0 radical (unpaired) electrons. The van der Waals surface area contributed by atoms with E-state index in [0.717, 1.165) is 32.1 Å². The number of rotatable bonds is 11. The fraction of sp³-hybridized carbons (Fsp3) is 0.854. The highest BCUT2D eigenvalue weighted by molar-refractivity contribution is 5.37. The topological polar surface area (TPSA) is 57.2 Å². The van der Waals surface area contributed by atoms with E-state index in [1.54, 1.807) is 0 Å². The van der Waals surface area contributed by atoms with Crippen LogP contribution in [0.3, 0.4) is 0 Å². The van der Waals surface area contributed by atoms with Crippen LogP contribution in [-0.4, -0.2) is 56.1 Å². The molecule has 46 heavy (non-hydrogen) atoms. The molecule has 1 spiro atoms. The van der Waals surface area contributed by atoms with Crippen LogP contribution in [0.1, 0.15) is 121 Å². The van der Waals surface area contributed by atoms with E-state index in [-0.39, 0.29) is 40.3 Å². The molecular weight excluding hydrogens is 572 g/mol. The molecule has 5 aliphatic rings. The maximum absolute atomic E-state index is 11.5. The van der Waals surface area contributed by atoms with Crippen LogP contribution in [0.2, 0.25) is 0 Å². The minimum Gasteiger partial charge on any atom is -0.392 e. The molecule has 3 saturated carbocycles. The SMILES string of the molecule is CO[C@@H](C=C(C)C)C[C@@H](C)C1CC[C@@]2(C)C3C=C[C@@]45O[C@](OC)([C@H](C)C[C@H](C=C(C)C)OC)C3(CC[C@]12C)C4CC[C@H](O)C5(C)C. The smallest absolute Gasteiger partial charge is 0.178 e. The summed E-state index contributed by atoms with van der Waals surface area (Å²) in [4.78, 5) is 0. The van der Waals surface area contributed by atoms with Crippen molar-refractivity contribution in [3.8, 4) is 0 Å². The van der Waals surface area contributed by atoms with Gasteiger partial charge < -0.3 is 24.1 Å². The third-order valence-electron chi connectivity index (χ3n) is 15.1. The van der Waals surface area contributed by atoms with Crippen molar-refractivity contribution in [2.45, 2.75) is 150 Å². The van der Waals surface area contributed by atoms with Crippen molar-refractivity contribution in [1.82, 2.24) is 0 Å². The Bertz CT molecular complexity index is 1210. The van der Waals surface area contributed by atoms with E-state index in [4.69, 9.17) is 18.9 Å². The van der Waals surface area contributed by atoms with Gasteiger partial charge >= 0.3 is 0 Å². The van der Waals surface area contributed by atoms with Crippen LogP contribution in [0.15, 0.2) is 35.5 Å². The molecule has 5 rings (SSSR count). The number of hydrogen-bond donors (Lipinski definition) is 1. The lowest BCUT2D eigenvalue weighted by Crippen LogP contribution is -2.67. The summed E-state index contributed by atoms with van der Waals surface area (Å²) >= 11 is 0.